The molecule has 0 aromatic rings. The summed E-state index contributed by atoms with van der Waals surface area (Å²) in [6, 6.07) is 0. The summed E-state index contributed by atoms with van der Waals surface area (Å²) in [5.41, 5.74) is -0.522. The molecule has 0 bridgehead atoms. The molecule has 0 aliphatic carbocycles. The molecule has 2 fully saturated rings. The Balaban J connectivity index is 2.12. The summed E-state index contributed by atoms with van der Waals surface area (Å²) in [6.07, 6.45) is 2.01. The van der Waals surface area contributed by atoms with Crippen LogP contribution in [0.1, 0.15) is 25.7 Å². The van der Waals surface area contributed by atoms with E-state index in [1.165, 1.54) is 0 Å². The van der Waals surface area contributed by atoms with Crippen LogP contribution in [0.4, 0.5) is 4.79 Å². The fourth-order valence-corrected chi connectivity index (χ4v) is 3.68. The van der Waals surface area contributed by atoms with Crippen LogP contribution in [0.3, 0.4) is 0 Å². The van der Waals surface area contributed by atoms with Gasteiger partial charge in [0.25, 0.3) is 0 Å². The molecule has 1 amide bonds. The lowest BCUT2D eigenvalue weighted by Gasteiger charge is -2.35. The number of nitrogens with one attached hydrogen (secondary N) is 1. The number of carbonyl (C=O) groups excluding carboxylic acids is 1. The van der Waals surface area contributed by atoms with Crippen molar-refractivity contribution in [2.75, 3.05) is 18.1 Å². The number of rotatable bonds is 0. The fourth-order valence-electron chi connectivity index (χ4n) is 2.21. The summed E-state index contributed by atoms with van der Waals surface area (Å²) in [5.74, 6) is 0.361. The van der Waals surface area contributed by atoms with Crippen molar-refractivity contribution in [2.45, 2.75) is 31.3 Å². The Morgan fingerprint density at radius 3 is 2.73 bits per heavy atom. The van der Waals surface area contributed by atoms with Crippen LogP contribution in [-0.4, -0.2) is 38.2 Å². The molecule has 0 aromatic heterocycles. The highest BCUT2D eigenvalue weighted by Crippen LogP contribution is 2.32. The van der Waals surface area contributed by atoms with Gasteiger partial charge in [-0.15, -0.1) is 0 Å². The van der Waals surface area contributed by atoms with Crippen LogP contribution in [0.25, 0.3) is 0 Å². The fraction of sp³-hybridized carbons (Fsp3) is 0.889. The second kappa shape index (κ2) is 3.66. The maximum absolute atomic E-state index is 11.4. The van der Waals surface area contributed by atoms with E-state index in [1.807, 2.05) is 0 Å². The summed E-state index contributed by atoms with van der Waals surface area (Å²) >= 11 is 0. The van der Waals surface area contributed by atoms with Gasteiger partial charge in [0.15, 0.2) is 0 Å². The van der Waals surface area contributed by atoms with E-state index in [-0.39, 0.29) is 11.5 Å². The third-order valence-electron chi connectivity index (χ3n) is 3.12. The first-order valence-electron chi connectivity index (χ1n) is 5.19. The van der Waals surface area contributed by atoms with Crippen molar-refractivity contribution in [1.29, 1.82) is 0 Å². The van der Waals surface area contributed by atoms with Crippen molar-refractivity contribution in [3.63, 3.8) is 0 Å². The highest BCUT2D eigenvalue weighted by atomic mass is 32.2. The SMILES string of the molecule is O=C1NCCC2(CCCS(=O)(=O)CC2)O1. The molecule has 1 spiro atoms. The number of carbonyl (C=O) groups is 1. The van der Waals surface area contributed by atoms with E-state index in [2.05, 4.69) is 5.32 Å². The molecule has 0 aromatic carbocycles. The first-order chi connectivity index (χ1) is 7.02. The number of alkyl carbamates (subject to hydrolysis) is 1. The first-order valence-corrected chi connectivity index (χ1v) is 7.01. The molecule has 15 heavy (non-hydrogen) atoms. The molecule has 6 heteroatoms. The molecule has 1 atom stereocenters. The predicted octanol–water partition coefficient (Wildman–Crippen LogP) is 0.454. The third-order valence-corrected chi connectivity index (χ3v) is 4.85. The minimum atomic E-state index is -2.92. The molecule has 86 valence electrons. The van der Waals surface area contributed by atoms with Gasteiger partial charge in [0, 0.05) is 19.4 Å². The summed E-state index contributed by atoms with van der Waals surface area (Å²) in [7, 11) is -2.92. The number of hydrogen-bond donors (Lipinski definition) is 1. The van der Waals surface area contributed by atoms with Crippen LogP contribution < -0.4 is 5.32 Å². The molecule has 2 heterocycles. The van der Waals surface area contributed by atoms with Gasteiger partial charge in [-0.05, 0) is 12.8 Å². The molecular weight excluding hydrogens is 218 g/mol. The Hall–Kier alpha value is -0.780. The van der Waals surface area contributed by atoms with Crippen LogP contribution in [0.15, 0.2) is 0 Å². The minimum Gasteiger partial charge on any atom is -0.443 e. The number of amides is 1. The normalized spacial score (nSPS) is 35.3. The molecule has 0 radical (unpaired) electrons. The van der Waals surface area contributed by atoms with E-state index >= 15 is 0 Å². The maximum Gasteiger partial charge on any atom is 0.407 e. The minimum absolute atomic E-state index is 0.139. The molecule has 1 N–H and O–H groups in total. The van der Waals surface area contributed by atoms with Crippen molar-refractivity contribution in [3.05, 3.63) is 0 Å². The van der Waals surface area contributed by atoms with Crippen molar-refractivity contribution < 1.29 is 17.9 Å². The van der Waals surface area contributed by atoms with E-state index in [4.69, 9.17) is 4.74 Å². The van der Waals surface area contributed by atoms with E-state index in [1.54, 1.807) is 0 Å². The van der Waals surface area contributed by atoms with Gasteiger partial charge in [0.05, 0.1) is 11.5 Å². The van der Waals surface area contributed by atoms with Gasteiger partial charge in [-0.1, -0.05) is 0 Å². The maximum atomic E-state index is 11.4. The van der Waals surface area contributed by atoms with Crippen molar-refractivity contribution >= 4 is 15.9 Å². The summed E-state index contributed by atoms with van der Waals surface area (Å²) in [4.78, 5) is 11.1. The van der Waals surface area contributed by atoms with Crippen LogP contribution in [0, 0.1) is 0 Å². The molecule has 0 saturated carbocycles. The Morgan fingerprint density at radius 1 is 1.20 bits per heavy atom. The highest BCUT2D eigenvalue weighted by Gasteiger charge is 2.40. The standard InChI is InChI=1S/C9H15NO4S/c11-8-10-5-3-9(14-8)2-1-6-15(12,13)7-4-9/h1-7H2,(H,10,11). The smallest absolute Gasteiger partial charge is 0.407 e. The van der Waals surface area contributed by atoms with Gasteiger partial charge in [-0.3, -0.25) is 0 Å². The third kappa shape index (κ3) is 2.42. The predicted molar refractivity (Wildman–Crippen MR) is 54.3 cm³/mol. The van der Waals surface area contributed by atoms with Gasteiger partial charge < -0.3 is 10.1 Å². The van der Waals surface area contributed by atoms with Gasteiger partial charge in [-0.2, -0.15) is 0 Å². The molecule has 2 saturated heterocycles. The van der Waals surface area contributed by atoms with Crippen LogP contribution >= 0.6 is 0 Å². The topological polar surface area (TPSA) is 72.5 Å². The second-order valence-electron chi connectivity index (χ2n) is 4.25. The molecule has 5 nitrogen and oxygen atoms in total. The van der Waals surface area contributed by atoms with E-state index in [0.29, 0.717) is 32.2 Å². The average molecular weight is 233 g/mol. The largest absolute Gasteiger partial charge is 0.443 e. The summed E-state index contributed by atoms with van der Waals surface area (Å²) in [5, 5.41) is 2.58. The van der Waals surface area contributed by atoms with Gasteiger partial charge in [0.1, 0.15) is 15.4 Å². The Kier molecular flexibility index (Phi) is 2.62. The number of hydrogen-bond acceptors (Lipinski definition) is 4. The van der Waals surface area contributed by atoms with Gasteiger partial charge in [0.2, 0.25) is 0 Å². The van der Waals surface area contributed by atoms with E-state index < -0.39 is 21.5 Å². The Morgan fingerprint density at radius 2 is 2.00 bits per heavy atom. The summed E-state index contributed by atoms with van der Waals surface area (Å²) in [6.45, 7) is 0.582. The van der Waals surface area contributed by atoms with Crippen molar-refractivity contribution in [1.82, 2.24) is 5.32 Å². The molecule has 2 rings (SSSR count). The van der Waals surface area contributed by atoms with E-state index in [0.717, 1.165) is 0 Å². The highest BCUT2D eigenvalue weighted by molar-refractivity contribution is 7.91. The van der Waals surface area contributed by atoms with Gasteiger partial charge >= 0.3 is 6.09 Å². The molecule has 2 aliphatic rings. The average Bonchev–Trinajstić information content (AvgIpc) is 2.27. The monoisotopic (exact) mass is 233 g/mol. The molecule has 1 unspecified atom stereocenters. The number of ether oxygens (including phenoxy) is 1. The van der Waals surface area contributed by atoms with Crippen LogP contribution in [0.2, 0.25) is 0 Å². The Labute approximate surface area is 89.1 Å². The zero-order chi connectivity index (χ0) is 10.9. The van der Waals surface area contributed by atoms with E-state index in [9.17, 15) is 13.2 Å². The number of sulfone groups is 1. The first kappa shape index (κ1) is 10.7. The van der Waals surface area contributed by atoms with Gasteiger partial charge in [-0.25, -0.2) is 13.2 Å². The van der Waals surface area contributed by atoms with Crippen LogP contribution in [0.5, 0.6) is 0 Å². The second-order valence-corrected chi connectivity index (χ2v) is 6.56. The summed E-state index contributed by atoms with van der Waals surface area (Å²) < 4.78 is 28.1. The Bertz CT molecular complexity index is 364. The quantitative estimate of drug-likeness (QED) is 0.659. The lowest BCUT2D eigenvalue weighted by atomic mass is 9.90. The lowest BCUT2D eigenvalue weighted by Crippen LogP contribution is -2.47. The van der Waals surface area contributed by atoms with Crippen molar-refractivity contribution in [3.8, 4) is 0 Å². The zero-order valence-electron chi connectivity index (χ0n) is 8.49. The lowest BCUT2D eigenvalue weighted by molar-refractivity contribution is -0.0204. The molecular formula is C9H15NO4S. The zero-order valence-corrected chi connectivity index (χ0v) is 9.31. The van der Waals surface area contributed by atoms with Crippen LogP contribution in [-0.2, 0) is 14.6 Å². The molecule has 2 aliphatic heterocycles. The van der Waals surface area contributed by atoms with Crippen molar-refractivity contribution in [2.24, 2.45) is 0 Å².